The monoisotopic (exact) mass is 243 g/mol. The fourth-order valence-electron chi connectivity index (χ4n) is 1.81. The summed E-state index contributed by atoms with van der Waals surface area (Å²) in [5.41, 5.74) is 1.54. The number of hydrogen-bond acceptors (Lipinski definition) is 4. The fourth-order valence-corrected chi connectivity index (χ4v) is 1.81. The van der Waals surface area contributed by atoms with Gasteiger partial charge in [-0.05, 0) is 24.0 Å². The van der Waals surface area contributed by atoms with Crippen molar-refractivity contribution in [3.05, 3.63) is 38.9 Å². The van der Waals surface area contributed by atoms with Crippen LogP contribution in [-0.2, 0) is 12.8 Å². The molecular formula is C13H13N3O2. The molecule has 18 heavy (non-hydrogen) atoms. The summed E-state index contributed by atoms with van der Waals surface area (Å²) in [5, 5.41) is 28.6. The SMILES string of the molecule is CCCCc1c(C#N)cc([N+](=O)[O-])cc1CC#N. The molecule has 0 aliphatic rings. The summed E-state index contributed by atoms with van der Waals surface area (Å²) in [4.78, 5) is 10.2. The molecule has 0 atom stereocenters. The van der Waals surface area contributed by atoms with E-state index in [0.717, 1.165) is 18.4 Å². The van der Waals surface area contributed by atoms with Crippen LogP contribution in [0.1, 0.15) is 36.5 Å². The summed E-state index contributed by atoms with van der Waals surface area (Å²) in [5.74, 6) is 0. The number of rotatable bonds is 5. The Bertz CT molecular complexity index is 538. The smallest absolute Gasteiger partial charge is 0.258 e. The van der Waals surface area contributed by atoms with Crippen molar-refractivity contribution in [1.82, 2.24) is 0 Å². The van der Waals surface area contributed by atoms with Gasteiger partial charge in [0, 0.05) is 12.1 Å². The van der Waals surface area contributed by atoms with Crippen molar-refractivity contribution in [2.24, 2.45) is 0 Å². The van der Waals surface area contributed by atoms with Crippen LogP contribution in [0, 0.1) is 32.8 Å². The van der Waals surface area contributed by atoms with E-state index >= 15 is 0 Å². The topological polar surface area (TPSA) is 90.7 Å². The molecule has 0 spiro atoms. The molecule has 1 aromatic carbocycles. The van der Waals surface area contributed by atoms with Crippen molar-refractivity contribution in [3.8, 4) is 12.1 Å². The maximum atomic E-state index is 10.8. The molecule has 0 amide bonds. The Hall–Kier alpha value is -2.40. The van der Waals surface area contributed by atoms with Gasteiger partial charge in [-0.15, -0.1) is 0 Å². The first-order valence-electron chi connectivity index (χ1n) is 5.71. The lowest BCUT2D eigenvalue weighted by atomic mass is 9.94. The van der Waals surface area contributed by atoms with Crippen LogP contribution in [-0.4, -0.2) is 4.92 Å². The maximum Gasteiger partial charge on any atom is 0.271 e. The zero-order chi connectivity index (χ0) is 13.5. The van der Waals surface area contributed by atoms with Gasteiger partial charge in [-0.1, -0.05) is 13.3 Å². The minimum atomic E-state index is -0.536. The highest BCUT2D eigenvalue weighted by atomic mass is 16.6. The third-order valence-corrected chi connectivity index (χ3v) is 2.71. The number of nitriles is 2. The molecule has 0 aromatic heterocycles. The van der Waals surface area contributed by atoms with Crippen LogP contribution in [0.5, 0.6) is 0 Å². The van der Waals surface area contributed by atoms with E-state index in [-0.39, 0.29) is 12.1 Å². The number of benzene rings is 1. The van der Waals surface area contributed by atoms with E-state index in [2.05, 4.69) is 0 Å². The van der Waals surface area contributed by atoms with Crippen molar-refractivity contribution >= 4 is 5.69 Å². The van der Waals surface area contributed by atoms with Gasteiger partial charge in [0.05, 0.1) is 29.0 Å². The van der Waals surface area contributed by atoms with Gasteiger partial charge in [-0.2, -0.15) is 10.5 Å². The van der Waals surface area contributed by atoms with Gasteiger partial charge in [-0.25, -0.2) is 0 Å². The van der Waals surface area contributed by atoms with E-state index < -0.39 is 4.92 Å². The van der Waals surface area contributed by atoms with E-state index in [9.17, 15) is 10.1 Å². The summed E-state index contributed by atoms with van der Waals surface area (Å²) >= 11 is 0. The first kappa shape index (κ1) is 13.7. The molecule has 1 rings (SSSR count). The van der Waals surface area contributed by atoms with Crippen LogP contribution in [0.3, 0.4) is 0 Å². The minimum Gasteiger partial charge on any atom is -0.258 e. The second kappa shape index (κ2) is 6.36. The Morgan fingerprint density at radius 1 is 1.39 bits per heavy atom. The molecule has 0 aliphatic heterocycles. The van der Waals surface area contributed by atoms with Crippen LogP contribution in [0.2, 0.25) is 0 Å². The molecule has 0 saturated heterocycles. The summed E-state index contributed by atoms with van der Waals surface area (Å²) in [6.07, 6.45) is 2.63. The maximum absolute atomic E-state index is 10.8. The van der Waals surface area contributed by atoms with Gasteiger partial charge in [0.25, 0.3) is 5.69 Å². The van der Waals surface area contributed by atoms with E-state index in [1.807, 2.05) is 19.1 Å². The van der Waals surface area contributed by atoms with Gasteiger partial charge in [0.1, 0.15) is 0 Å². The highest BCUT2D eigenvalue weighted by Crippen LogP contribution is 2.24. The van der Waals surface area contributed by atoms with Crippen LogP contribution in [0.15, 0.2) is 12.1 Å². The third-order valence-electron chi connectivity index (χ3n) is 2.71. The summed E-state index contributed by atoms with van der Waals surface area (Å²) in [7, 11) is 0. The lowest BCUT2D eigenvalue weighted by Gasteiger charge is -2.08. The van der Waals surface area contributed by atoms with Crippen LogP contribution >= 0.6 is 0 Å². The Balaban J connectivity index is 3.33. The van der Waals surface area contributed by atoms with Crippen LogP contribution in [0.4, 0.5) is 5.69 Å². The normalized spacial score (nSPS) is 9.50. The van der Waals surface area contributed by atoms with Crippen molar-refractivity contribution in [2.45, 2.75) is 32.6 Å². The van der Waals surface area contributed by atoms with Crippen LogP contribution < -0.4 is 0 Å². The number of nitrogens with zero attached hydrogens (tertiary/aromatic N) is 3. The van der Waals surface area contributed by atoms with E-state index in [4.69, 9.17) is 10.5 Å². The number of nitro groups is 1. The molecule has 0 N–H and O–H groups in total. The first-order valence-corrected chi connectivity index (χ1v) is 5.71. The number of non-ortho nitro benzene ring substituents is 1. The Morgan fingerprint density at radius 3 is 2.61 bits per heavy atom. The molecule has 0 aliphatic carbocycles. The van der Waals surface area contributed by atoms with E-state index in [1.54, 1.807) is 0 Å². The molecule has 0 radical (unpaired) electrons. The molecule has 0 bridgehead atoms. The summed E-state index contributed by atoms with van der Waals surface area (Å²) < 4.78 is 0. The summed E-state index contributed by atoms with van der Waals surface area (Å²) in [6.45, 7) is 2.03. The molecule has 1 aromatic rings. The van der Waals surface area contributed by atoms with E-state index in [1.165, 1.54) is 12.1 Å². The van der Waals surface area contributed by atoms with Gasteiger partial charge < -0.3 is 0 Å². The predicted octanol–water partition coefficient (Wildman–Crippen LogP) is 2.88. The number of unbranched alkanes of at least 4 members (excludes halogenated alkanes) is 1. The molecule has 0 heterocycles. The lowest BCUT2D eigenvalue weighted by Crippen LogP contribution is -2.01. The van der Waals surface area contributed by atoms with Crippen molar-refractivity contribution in [2.75, 3.05) is 0 Å². The Kier molecular flexibility index (Phi) is 4.83. The van der Waals surface area contributed by atoms with Crippen molar-refractivity contribution in [3.63, 3.8) is 0 Å². The highest BCUT2D eigenvalue weighted by molar-refractivity contribution is 5.51. The Labute approximate surface area is 105 Å². The lowest BCUT2D eigenvalue weighted by molar-refractivity contribution is -0.384. The number of nitro benzene ring substituents is 1. The average molecular weight is 243 g/mol. The predicted molar refractivity (Wildman–Crippen MR) is 65.7 cm³/mol. The zero-order valence-electron chi connectivity index (χ0n) is 10.1. The Morgan fingerprint density at radius 2 is 2.11 bits per heavy atom. The van der Waals surface area contributed by atoms with Crippen LogP contribution in [0.25, 0.3) is 0 Å². The molecular weight excluding hydrogens is 230 g/mol. The van der Waals surface area contributed by atoms with E-state index in [0.29, 0.717) is 17.5 Å². The molecule has 92 valence electrons. The molecule has 5 nitrogen and oxygen atoms in total. The molecule has 5 heteroatoms. The first-order chi connectivity index (χ1) is 8.63. The fraction of sp³-hybridized carbons (Fsp3) is 0.385. The number of hydrogen-bond donors (Lipinski definition) is 0. The van der Waals surface area contributed by atoms with Gasteiger partial charge in [-0.3, -0.25) is 10.1 Å². The standard InChI is InChI=1S/C13H13N3O2/c1-2-3-4-13-10(5-6-14)7-12(16(17)18)8-11(13)9-15/h7-8H,2-5H2,1H3. The van der Waals surface area contributed by atoms with Gasteiger partial charge in [0.2, 0.25) is 0 Å². The van der Waals surface area contributed by atoms with Gasteiger partial charge >= 0.3 is 0 Å². The minimum absolute atomic E-state index is 0.0927. The highest BCUT2D eigenvalue weighted by Gasteiger charge is 2.15. The van der Waals surface area contributed by atoms with Crippen molar-refractivity contribution < 1.29 is 4.92 Å². The largest absolute Gasteiger partial charge is 0.271 e. The quantitative estimate of drug-likeness (QED) is 0.587. The second-order valence-corrected chi connectivity index (χ2v) is 3.94. The third kappa shape index (κ3) is 3.05. The molecule has 0 saturated carbocycles. The summed E-state index contributed by atoms with van der Waals surface area (Å²) in [6, 6.07) is 6.65. The van der Waals surface area contributed by atoms with Gasteiger partial charge in [0.15, 0.2) is 0 Å². The molecule has 0 unspecified atom stereocenters. The average Bonchev–Trinajstić information content (AvgIpc) is 2.36. The zero-order valence-corrected chi connectivity index (χ0v) is 10.1. The second-order valence-electron chi connectivity index (χ2n) is 3.94. The van der Waals surface area contributed by atoms with Crippen molar-refractivity contribution in [1.29, 1.82) is 10.5 Å². The molecule has 0 fully saturated rings.